The first-order chi connectivity index (χ1) is 9.02. The summed E-state index contributed by atoms with van der Waals surface area (Å²) in [5.41, 5.74) is 0.297. The normalized spacial score (nSPS) is 26.9. The molecule has 1 unspecified atom stereocenters. The number of esters is 1. The largest absolute Gasteiger partial charge is 0.457 e. The predicted octanol–water partition coefficient (Wildman–Crippen LogP) is 1.16. The first-order valence-corrected chi connectivity index (χ1v) is 7.87. The molecule has 0 bridgehead atoms. The topological polar surface area (TPSA) is 66.8 Å². The van der Waals surface area contributed by atoms with E-state index in [2.05, 4.69) is 6.58 Å². The lowest BCUT2D eigenvalue weighted by molar-refractivity contribution is -0.157. The van der Waals surface area contributed by atoms with Crippen LogP contribution in [0.5, 0.6) is 0 Å². The highest BCUT2D eigenvalue weighted by atomic mass is 32.2. The molecule has 5 nitrogen and oxygen atoms in total. The highest BCUT2D eigenvalue weighted by Crippen LogP contribution is 2.53. The van der Waals surface area contributed by atoms with E-state index in [1.54, 1.807) is 6.92 Å². The number of aliphatic hydroxyl groups excluding tert-OH is 1. The zero-order valence-electron chi connectivity index (χ0n) is 10.7. The van der Waals surface area contributed by atoms with E-state index in [9.17, 15) is 14.7 Å². The van der Waals surface area contributed by atoms with Crippen molar-refractivity contribution in [3.63, 3.8) is 0 Å². The van der Waals surface area contributed by atoms with Crippen LogP contribution in [-0.4, -0.2) is 46.2 Å². The molecule has 0 radical (unpaired) electrons. The summed E-state index contributed by atoms with van der Waals surface area (Å²) >= 11 is 2.84. The molecule has 104 valence electrons. The molecule has 0 aromatic rings. The van der Waals surface area contributed by atoms with Crippen LogP contribution < -0.4 is 0 Å². The molecule has 1 saturated heterocycles. The third-order valence-electron chi connectivity index (χ3n) is 2.98. The highest BCUT2D eigenvalue weighted by molar-refractivity contribution is 8.22. The maximum absolute atomic E-state index is 12.0. The van der Waals surface area contributed by atoms with Gasteiger partial charge in [0, 0.05) is 0 Å². The van der Waals surface area contributed by atoms with Gasteiger partial charge in [0.2, 0.25) is 5.91 Å². The molecule has 0 aromatic carbocycles. The van der Waals surface area contributed by atoms with Gasteiger partial charge in [0.1, 0.15) is 12.0 Å². The quantitative estimate of drug-likeness (QED) is 0.467. The Morgan fingerprint density at radius 3 is 2.95 bits per heavy atom. The van der Waals surface area contributed by atoms with Crippen molar-refractivity contribution in [1.82, 2.24) is 4.90 Å². The van der Waals surface area contributed by atoms with Crippen molar-refractivity contribution in [3.8, 4) is 0 Å². The van der Waals surface area contributed by atoms with Crippen LogP contribution in [0.1, 0.15) is 6.92 Å². The smallest absolute Gasteiger partial charge is 0.357 e. The molecule has 0 spiro atoms. The molecular formula is C12H15NO4S2. The number of ether oxygens (including phenoxy) is 1. The number of rotatable bonds is 5. The average Bonchev–Trinajstić information content (AvgIpc) is 2.69. The second-order valence-electron chi connectivity index (χ2n) is 4.21. The molecule has 2 aliphatic rings. The second kappa shape index (κ2) is 5.60. The fraction of sp³-hybridized carbons (Fsp3) is 0.500. The molecular weight excluding hydrogens is 286 g/mol. The molecule has 7 heteroatoms. The molecule has 0 saturated carbocycles. The van der Waals surface area contributed by atoms with Crippen LogP contribution in [0.4, 0.5) is 0 Å². The third-order valence-corrected chi connectivity index (χ3v) is 5.48. The summed E-state index contributed by atoms with van der Waals surface area (Å²) in [6, 6.07) is 0. The fourth-order valence-corrected chi connectivity index (χ4v) is 4.46. The first-order valence-electron chi connectivity index (χ1n) is 5.77. The molecule has 0 aromatic heterocycles. The van der Waals surface area contributed by atoms with Gasteiger partial charge < -0.3 is 9.84 Å². The molecule has 1 amide bonds. The van der Waals surface area contributed by atoms with Crippen LogP contribution in [0.2, 0.25) is 0 Å². The lowest BCUT2D eigenvalue weighted by Crippen LogP contribution is -2.60. The maximum atomic E-state index is 12.0. The number of amides is 1. The maximum Gasteiger partial charge on any atom is 0.357 e. The van der Waals surface area contributed by atoms with E-state index in [1.165, 1.54) is 34.5 Å². The standard InChI is InChI=1S/C12H15NO4S2/c1-4-5-17-11(16)8-12(18-3)19-10-7(6(2)14)9(15)13(8)10/h4,6-7,10,14H,1,5H2,2-3H3/t6?,7-,10-/m1/s1. The van der Waals surface area contributed by atoms with E-state index in [-0.39, 0.29) is 17.9 Å². The number of thioether (sulfide) groups is 2. The minimum atomic E-state index is -0.715. The van der Waals surface area contributed by atoms with Gasteiger partial charge in [-0.05, 0) is 13.2 Å². The SMILES string of the molecule is C=CCOC(=O)C1=C(SC)S[C@@H]2[C@H](C(C)O)C(=O)N12. The zero-order chi connectivity index (χ0) is 14.2. The second-order valence-corrected chi connectivity index (χ2v) is 6.41. The number of β-lactam (4-membered cyclic amide) rings is 1. The van der Waals surface area contributed by atoms with Gasteiger partial charge in [-0.25, -0.2) is 4.79 Å². The van der Waals surface area contributed by atoms with Crippen LogP contribution in [0.3, 0.4) is 0 Å². The van der Waals surface area contributed by atoms with Crippen LogP contribution in [0, 0.1) is 5.92 Å². The Morgan fingerprint density at radius 1 is 1.74 bits per heavy atom. The Kier molecular flexibility index (Phi) is 4.27. The molecule has 2 rings (SSSR count). The van der Waals surface area contributed by atoms with E-state index < -0.39 is 18.0 Å². The van der Waals surface area contributed by atoms with Crippen molar-refractivity contribution in [1.29, 1.82) is 0 Å². The molecule has 0 aliphatic carbocycles. The number of hydrogen-bond acceptors (Lipinski definition) is 6. The van der Waals surface area contributed by atoms with Gasteiger partial charge in [0.25, 0.3) is 0 Å². The van der Waals surface area contributed by atoms with Gasteiger partial charge in [0.15, 0.2) is 5.70 Å². The van der Waals surface area contributed by atoms with Crippen LogP contribution >= 0.6 is 23.5 Å². The summed E-state index contributed by atoms with van der Waals surface area (Å²) in [4.78, 5) is 25.4. The van der Waals surface area contributed by atoms with Crippen LogP contribution in [0.25, 0.3) is 0 Å². The fourth-order valence-electron chi connectivity index (χ4n) is 2.09. The Labute approximate surface area is 120 Å². The van der Waals surface area contributed by atoms with Gasteiger partial charge >= 0.3 is 5.97 Å². The number of carbonyl (C=O) groups is 2. The Hall–Kier alpha value is -0.920. The lowest BCUT2D eigenvalue weighted by atomic mass is 9.92. The number of aliphatic hydroxyl groups is 1. The van der Waals surface area contributed by atoms with Crippen molar-refractivity contribution in [2.75, 3.05) is 12.9 Å². The van der Waals surface area contributed by atoms with Crippen molar-refractivity contribution in [2.24, 2.45) is 5.92 Å². The van der Waals surface area contributed by atoms with E-state index in [4.69, 9.17) is 4.74 Å². The Bertz CT molecular complexity index is 461. The molecule has 3 atom stereocenters. The molecule has 2 heterocycles. The van der Waals surface area contributed by atoms with Crippen molar-refractivity contribution >= 4 is 35.4 Å². The van der Waals surface area contributed by atoms with Crippen LogP contribution in [-0.2, 0) is 14.3 Å². The highest BCUT2D eigenvalue weighted by Gasteiger charge is 2.57. The Morgan fingerprint density at radius 2 is 2.42 bits per heavy atom. The minimum absolute atomic E-state index is 0.112. The van der Waals surface area contributed by atoms with Gasteiger partial charge in [-0.1, -0.05) is 24.4 Å². The predicted molar refractivity (Wildman–Crippen MR) is 75.1 cm³/mol. The van der Waals surface area contributed by atoms with Gasteiger partial charge in [0.05, 0.1) is 16.3 Å². The number of hydrogen-bond donors (Lipinski definition) is 1. The number of carbonyl (C=O) groups excluding carboxylic acids is 2. The van der Waals surface area contributed by atoms with E-state index >= 15 is 0 Å². The van der Waals surface area contributed by atoms with Gasteiger partial charge in [-0.3, -0.25) is 9.69 Å². The third kappa shape index (κ3) is 2.30. The summed E-state index contributed by atoms with van der Waals surface area (Å²) < 4.78 is 5.77. The van der Waals surface area contributed by atoms with Crippen molar-refractivity contribution < 1.29 is 19.4 Å². The van der Waals surface area contributed by atoms with Crippen LogP contribution in [0.15, 0.2) is 22.6 Å². The summed E-state index contributed by atoms with van der Waals surface area (Å²) in [6.45, 7) is 5.18. The molecule has 1 fully saturated rings. The van der Waals surface area contributed by atoms with Crippen molar-refractivity contribution in [2.45, 2.75) is 18.4 Å². The van der Waals surface area contributed by atoms with E-state index in [0.717, 1.165) is 4.24 Å². The summed E-state index contributed by atoms with van der Waals surface area (Å²) in [7, 11) is 0. The zero-order valence-corrected chi connectivity index (χ0v) is 12.3. The molecule has 1 N–H and O–H groups in total. The average molecular weight is 301 g/mol. The molecule has 2 aliphatic heterocycles. The van der Waals surface area contributed by atoms with Crippen molar-refractivity contribution in [3.05, 3.63) is 22.6 Å². The summed E-state index contributed by atoms with van der Waals surface area (Å²) in [6.07, 6.45) is 2.61. The van der Waals surface area contributed by atoms with Gasteiger partial charge in [-0.15, -0.1) is 11.8 Å². The minimum Gasteiger partial charge on any atom is -0.457 e. The van der Waals surface area contributed by atoms with Gasteiger partial charge in [-0.2, -0.15) is 0 Å². The summed E-state index contributed by atoms with van der Waals surface area (Å²) in [5.74, 6) is -1.18. The van der Waals surface area contributed by atoms with E-state index in [1.807, 2.05) is 6.26 Å². The summed E-state index contributed by atoms with van der Waals surface area (Å²) in [5, 5.41) is 9.41. The molecule has 19 heavy (non-hydrogen) atoms. The lowest BCUT2D eigenvalue weighted by Gasteiger charge is -2.43. The first kappa shape index (κ1) is 14.5. The number of nitrogens with zero attached hydrogens (tertiary/aromatic N) is 1. The number of fused-ring (bicyclic) bond motifs is 1. The monoisotopic (exact) mass is 301 g/mol. The Balaban J connectivity index is 2.20. The van der Waals surface area contributed by atoms with E-state index in [0.29, 0.717) is 5.70 Å².